The van der Waals surface area contributed by atoms with Gasteiger partial charge in [0.05, 0.1) is 25.9 Å². The number of aryl methyl sites for hydroxylation is 2. The van der Waals surface area contributed by atoms with E-state index in [-0.39, 0.29) is 42.5 Å². The molecule has 0 aromatic heterocycles. The van der Waals surface area contributed by atoms with Gasteiger partial charge in [0.25, 0.3) is 0 Å². The summed E-state index contributed by atoms with van der Waals surface area (Å²) in [5, 5.41) is 0. The summed E-state index contributed by atoms with van der Waals surface area (Å²) in [5.41, 5.74) is 6.46. The molecule has 1 unspecified atom stereocenters. The SMILES string of the molecule is COC(=O)C[C@@H]1COc2cc(O[C@@H]3CCc4c(-c5c(C)cc(OC6CCS(=O)(=O)NC6)cc5C)ccc(F)c43)ccc21. The lowest BCUT2D eigenvalue weighted by Crippen LogP contribution is -2.43. The molecule has 222 valence electrons. The van der Waals surface area contributed by atoms with Gasteiger partial charge >= 0.3 is 5.97 Å². The van der Waals surface area contributed by atoms with E-state index < -0.39 is 16.1 Å². The van der Waals surface area contributed by atoms with E-state index in [0.717, 1.165) is 33.4 Å². The van der Waals surface area contributed by atoms with Gasteiger partial charge in [-0.15, -0.1) is 0 Å². The van der Waals surface area contributed by atoms with Crippen LogP contribution in [0.25, 0.3) is 11.1 Å². The molecular weight excluding hydrogens is 561 g/mol. The maximum Gasteiger partial charge on any atom is 0.306 e. The van der Waals surface area contributed by atoms with Gasteiger partial charge in [-0.1, -0.05) is 12.1 Å². The highest BCUT2D eigenvalue weighted by molar-refractivity contribution is 7.89. The van der Waals surface area contributed by atoms with Crippen molar-refractivity contribution in [1.29, 1.82) is 0 Å². The van der Waals surface area contributed by atoms with Crippen LogP contribution in [0, 0.1) is 19.7 Å². The van der Waals surface area contributed by atoms with Gasteiger partial charge in [0.2, 0.25) is 10.0 Å². The van der Waals surface area contributed by atoms with Gasteiger partial charge in [-0.3, -0.25) is 4.79 Å². The second kappa shape index (κ2) is 11.2. The number of benzene rings is 3. The van der Waals surface area contributed by atoms with E-state index >= 15 is 4.39 Å². The van der Waals surface area contributed by atoms with Crippen LogP contribution in [-0.2, 0) is 26.0 Å². The minimum absolute atomic E-state index is 0.0487. The van der Waals surface area contributed by atoms with Crippen LogP contribution in [0.15, 0.2) is 42.5 Å². The van der Waals surface area contributed by atoms with Gasteiger partial charge in [0.1, 0.15) is 35.3 Å². The van der Waals surface area contributed by atoms with E-state index in [4.69, 9.17) is 18.9 Å². The summed E-state index contributed by atoms with van der Waals surface area (Å²) in [7, 11) is -1.83. The fraction of sp³-hybridized carbons (Fsp3) is 0.406. The summed E-state index contributed by atoms with van der Waals surface area (Å²) in [5.74, 6) is 1.37. The first-order valence-electron chi connectivity index (χ1n) is 14.2. The second-order valence-electron chi connectivity index (χ2n) is 11.2. The van der Waals surface area contributed by atoms with Crippen LogP contribution >= 0.6 is 0 Å². The largest absolute Gasteiger partial charge is 0.492 e. The van der Waals surface area contributed by atoms with Gasteiger partial charge in [-0.05, 0) is 78.8 Å². The molecule has 2 heterocycles. The maximum absolute atomic E-state index is 15.3. The number of carbonyl (C=O) groups is 1. The average molecular weight is 596 g/mol. The number of esters is 1. The third-order valence-corrected chi connectivity index (χ3v) is 9.76. The molecule has 42 heavy (non-hydrogen) atoms. The van der Waals surface area contributed by atoms with Crippen LogP contribution in [0.3, 0.4) is 0 Å². The quantitative estimate of drug-likeness (QED) is 0.371. The van der Waals surface area contributed by atoms with Crippen LogP contribution in [-0.4, -0.2) is 46.5 Å². The third-order valence-electron chi connectivity index (χ3n) is 8.38. The molecule has 6 rings (SSSR count). The molecule has 3 aromatic carbocycles. The topological polar surface area (TPSA) is 100 Å². The van der Waals surface area contributed by atoms with Gasteiger partial charge in [0, 0.05) is 36.1 Å². The first-order chi connectivity index (χ1) is 20.1. The molecule has 1 N–H and O–H groups in total. The molecular formula is C32H34FNO7S. The van der Waals surface area contributed by atoms with Crippen LogP contribution in [0.4, 0.5) is 4.39 Å². The molecule has 0 amide bonds. The Morgan fingerprint density at radius 3 is 2.55 bits per heavy atom. The Kier molecular flexibility index (Phi) is 7.61. The minimum Gasteiger partial charge on any atom is -0.492 e. The number of rotatable bonds is 7. The summed E-state index contributed by atoms with van der Waals surface area (Å²) in [6.45, 7) is 4.67. The third kappa shape index (κ3) is 5.57. The van der Waals surface area contributed by atoms with E-state index in [0.29, 0.717) is 48.7 Å². The monoisotopic (exact) mass is 595 g/mol. The van der Waals surface area contributed by atoms with Gasteiger partial charge in [-0.25, -0.2) is 17.5 Å². The number of fused-ring (bicyclic) bond motifs is 2. The van der Waals surface area contributed by atoms with Crippen molar-refractivity contribution >= 4 is 16.0 Å². The lowest BCUT2D eigenvalue weighted by atomic mass is 9.90. The summed E-state index contributed by atoms with van der Waals surface area (Å²) in [4.78, 5) is 11.7. The Bertz CT molecular complexity index is 1620. The lowest BCUT2D eigenvalue weighted by molar-refractivity contribution is -0.141. The predicted octanol–water partition coefficient (Wildman–Crippen LogP) is 5.29. The molecule has 3 aromatic rings. The zero-order valence-electron chi connectivity index (χ0n) is 23.9. The number of hydrogen-bond donors (Lipinski definition) is 1. The Morgan fingerprint density at radius 1 is 1.05 bits per heavy atom. The molecule has 0 bridgehead atoms. The Hall–Kier alpha value is -3.63. The van der Waals surface area contributed by atoms with Crippen LogP contribution in [0.2, 0.25) is 0 Å². The number of hydrogen-bond acceptors (Lipinski definition) is 7. The van der Waals surface area contributed by atoms with Gasteiger partial charge in [0.15, 0.2) is 0 Å². The van der Waals surface area contributed by atoms with E-state index in [1.165, 1.54) is 13.2 Å². The highest BCUT2D eigenvalue weighted by atomic mass is 32.2. The number of carbonyl (C=O) groups excluding carboxylic acids is 1. The molecule has 1 fully saturated rings. The van der Waals surface area contributed by atoms with Crippen molar-refractivity contribution in [3.8, 4) is 28.4 Å². The van der Waals surface area contributed by atoms with Crippen molar-refractivity contribution in [1.82, 2.24) is 4.72 Å². The Morgan fingerprint density at radius 2 is 1.83 bits per heavy atom. The first kappa shape index (κ1) is 28.5. The molecule has 0 saturated carbocycles. The van der Waals surface area contributed by atoms with Crippen LogP contribution < -0.4 is 18.9 Å². The molecule has 8 nitrogen and oxygen atoms in total. The maximum atomic E-state index is 15.3. The fourth-order valence-corrected chi connectivity index (χ4v) is 7.52. The van der Waals surface area contributed by atoms with E-state index in [1.54, 1.807) is 0 Å². The predicted molar refractivity (Wildman–Crippen MR) is 155 cm³/mol. The van der Waals surface area contributed by atoms with Gasteiger partial charge < -0.3 is 18.9 Å². The number of sulfonamides is 1. The van der Waals surface area contributed by atoms with Crippen molar-refractivity contribution in [2.45, 2.75) is 57.7 Å². The highest BCUT2D eigenvalue weighted by Gasteiger charge is 2.32. The second-order valence-corrected chi connectivity index (χ2v) is 13.2. The normalized spacial score (nSPS) is 22.1. The lowest BCUT2D eigenvalue weighted by Gasteiger charge is -2.25. The summed E-state index contributed by atoms with van der Waals surface area (Å²) in [6, 6.07) is 12.8. The smallest absolute Gasteiger partial charge is 0.306 e. The molecule has 3 aliphatic rings. The first-order valence-corrected chi connectivity index (χ1v) is 15.8. The standard InChI is InChI=1S/C32H34FNO7S/c1-18-12-23(40-22-10-11-42(36,37)34-16-22)13-19(2)31(18)25-6-8-27(33)32-26(25)7-9-28(32)41-21-4-5-24-20(14-30(35)38-3)17-39-29(24)15-21/h4-6,8,12-13,15,20,22,28,34H,7,9-11,14,16-17H2,1-3H3/t20-,22?,28-/m1/s1. The molecule has 1 aliphatic carbocycles. The van der Waals surface area contributed by atoms with E-state index in [2.05, 4.69) is 4.72 Å². The molecule has 10 heteroatoms. The summed E-state index contributed by atoms with van der Waals surface area (Å²) < 4.78 is 64.3. The van der Waals surface area contributed by atoms with E-state index in [9.17, 15) is 13.2 Å². The van der Waals surface area contributed by atoms with Crippen molar-refractivity contribution in [2.75, 3.05) is 26.0 Å². The molecule has 2 aliphatic heterocycles. The Balaban J connectivity index is 1.22. The molecule has 0 spiro atoms. The number of halogens is 1. The summed E-state index contributed by atoms with van der Waals surface area (Å²) >= 11 is 0. The van der Waals surface area contributed by atoms with Crippen LogP contribution in [0.5, 0.6) is 17.2 Å². The molecule has 0 radical (unpaired) electrons. The average Bonchev–Trinajstić information content (AvgIpc) is 3.55. The number of methoxy groups -OCH3 is 1. The van der Waals surface area contributed by atoms with Crippen molar-refractivity contribution < 1.29 is 36.6 Å². The summed E-state index contributed by atoms with van der Waals surface area (Å²) in [6.07, 6.45) is 1.34. The molecule has 3 atom stereocenters. The Labute approximate surface area is 245 Å². The van der Waals surface area contributed by atoms with Crippen LogP contribution in [0.1, 0.15) is 59.1 Å². The molecule has 1 saturated heterocycles. The van der Waals surface area contributed by atoms with Crippen molar-refractivity contribution in [3.05, 3.63) is 76.1 Å². The fourth-order valence-electron chi connectivity index (χ4n) is 6.36. The number of ether oxygens (including phenoxy) is 4. The zero-order chi connectivity index (χ0) is 29.6. The zero-order valence-corrected chi connectivity index (χ0v) is 24.7. The van der Waals surface area contributed by atoms with E-state index in [1.807, 2.05) is 50.2 Å². The van der Waals surface area contributed by atoms with Crippen molar-refractivity contribution in [2.24, 2.45) is 0 Å². The van der Waals surface area contributed by atoms with Crippen molar-refractivity contribution in [3.63, 3.8) is 0 Å². The highest BCUT2D eigenvalue weighted by Crippen LogP contribution is 2.45. The minimum atomic E-state index is -3.20. The number of nitrogens with one attached hydrogen (secondary N) is 1. The van der Waals surface area contributed by atoms with Gasteiger partial charge in [-0.2, -0.15) is 0 Å².